The van der Waals surface area contributed by atoms with Crippen LogP contribution >= 0.6 is 26.3 Å². The molecule has 1 fully saturated rings. The van der Waals surface area contributed by atoms with Gasteiger partial charge in [0.15, 0.2) is 0 Å². The number of halogens is 1. The maximum atomic E-state index is 7.25. The first kappa shape index (κ1) is 36.7. The van der Waals surface area contributed by atoms with Crippen LogP contribution in [0.4, 0.5) is 0 Å². The first-order chi connectivity index (χ1) is 25.5. The summed E-state index contributed by atoms with van der Waals surface area (Å²) in [6.45, 7) is 3.44. The molecule has 0 N–H and O–H groups in total. The van der Waals surface area contributed by atoms with Crippen LogP contribution < -0.4 is 15.9 Å². The average molecular weight is 821 g/mol. The van der Waals surface area contributed by atoms with Crippen LogP contribution in [-0.2, 0) is 38.8 Å². The van der Waals surface area contributed by atoms with Crippen molar-refractivity contribution in [1.82, 2.24) is 0 Å². The Labute approximate surface area is 321 Å². The molecule has 0 spiro atoms. The van der Waals surface area contributed by atoms with Crippen molar-refractivity contribution in [3.8, 4) is 0 Å². The number of hydrogen-bond acceptors (Lipinski definition) is 4. The van der Waals surface area contributed by atoms with Gasteiger partial charge in [0, 0.05) is 0 Å². The molecule has 52 heavy (non-hydrogen) atoms. The van der Waals surface area contributed by atoms with Crippen molar-refractivity contribution < 1.29 is 18.9 Å². The first-order valence-electron chi connectivity index (χ1n) is 18.0. The van der Waals surface area contributed by atoms with E-state index < -0.39 is 16.5 Å². The Morgan fingerprint density at radius 3 is 1.12 bits per heavy atom. The van der Waals surface area contributed by atoms with E-state index in [1.54, 1.807) is 0 Å². The molecule has 4 nitrogen and oxygen atoms in total. The second-order valence-electron chi connectivity index (χ2n) is 13.5. The van der Waals surface area contributed by atoms with Gasteiger partial charge in [-0.25, -0.2) is 0 Å². The van der Waals surface area contributed by atoms with Gasteiger partial charge < -0.3 is 0 Å². The number of rotatable bonds is 14. The Hall–Kier alpha value is -3.68. The van der Waals surface area contributed by atoms with Crippen LogP contribution in [0.5, 0.6) is 0 Å². The van der Waals surface area contributed by atoms with Crippen LogP contribution in [0, 0.1) is 0 Å². The molecule has 6 aromatic carbocycles. The van der Waals surface area contributed by atoms with Gasteiger partial charge in [0.25, 0.3) is 0 Å². The van der Waals surface area contributed by atoms with Gasteiger partial charge in [-0.05, 0) is 0 Å². The molecule has 1 aliphatic heterocycles. The Morgan fingerprint density at radius 1 is 0.442 bits per heavy atom. The van der Waals surface area contributed by atoms with E-state index in [0.717, 1.165) is 16.7 Å². The fraction of sp³-hybridized carbons (Fsp3) is 0.217. The second kappa shape index (κ2) is 17.0. The van der Waals surface area contributed by atoms with Crippen LogP contribution in [0.2, 0.25) is 0 Å². The number of hydrogen-bond donors (Lipinski definition) is 0. The first-order valence-corrected chi connectivity index (χ1v) is 23.3. The van der Waals surface area contributed by atoms with Crippen molar-refractivity contribution in [1.29, 1.82) is 0 Å². The Balaban J connectivity index is 1.35. The molecule has 5 atom stereocenters. The van der Waals surface area contributed by atoms with Crippen molar-refractivity contribution >= 4 is 42.2 Å². The molecule has 7 rings (SSSR count). The fourth-order valence-electron chi connectivity index (χ4n) is 7.48. The summed E-state index contributed by atoms with van der Waals surface area (Å²) in [5, 5.41) is 3.90. The topological polar surface area (TPSA) is 36.9 Å². The third-order valence-corrected chi connectivity index (χ3v) is 21.5. The summed E-state index contributed by atoms with van der Waals surface area (Å²) in [5.74, 6) is 0. The summed E-state index contributed by atoms with van der Waals surface area (Å²) < 4.78 is 24.9. The van der Waals surface area contributed by atoms with Crippen molar-refractivity contribution in [2.75, 3.05) is 6.16 Å². The van der Waals surface area contributed by atoms with Crippen LogP contribution in [0.1, 0.15) is 23.6 Å². The molecule has 6 aromatic rings. The summed E-state index contributed by atoms with van der Waals surface area (Å²) >= 11 is 2.86. The van der Waals surface area contributed by atoms with Gasteiger partial charge in [0.1, 0.15) is 0 Å². The van der Waals surface area contributed by atoms with Crippen molar-refractivity contribution in [2.24, 2.45) is 0 Å². The van der Waals surface area contributed by atoms with E-state index >= 15 is 0 Å². The molecule has 1 heterocycles. The third-order valence-electron chi connectivity index (χ3n) is 10.1. The third kappa shape index (κ3) is 7.96. The minimum atomic E-state index is -3.27. The van der Waals surface area contributed by atoms with E-state index in [1.165, 1.54) is 15.9 Å². The van der Waals surface area contributed by atoms with Gasteiger partial charge in [-0.3, -0.25) is 0 Å². The number of ether oxygens (including phenoxy) is 4. The normalized spacial score (nSPS) is 21.2. The monoisotopic (exact) mass is 820 g/mol. The molecule has 0 saturated carbocycles. The Bertz CT molecular complexity index is 1850. The predicted octanol–water partition coefficient (Wildman–Crippen LogP) is 9.41. The van der Waals surface area contributed by atoms with E-state index in [9.17, 15) is 0 Å². The van der Waals surface area contributed by atoms with Crippen molar-refractivity contribution in [2.45, 2.75) is 57.3 Å². The summed E-state index contributed by atoms with van der Waals surface area (Å²) in [6, 6.07) is 64.1. The molecule has 1 aliphatic rings. The van der Waals surface area contributed by atoms with Gasteiger partial charge in [-0.15, -0.1) is 0 Å². The summed E-state index contributed by atoms with van der Waals surface area (Å²) in [4.78, 5) is 0. The molecular formula is C46H46IO4P. The van der Waals surface area contributed by atoms with Crippen molar-refractivity contribution in [3.05, 3.63) is 199 Å². The molecule has 1 saturated heterocycles. The van der Waals surface area contributed by atoms with E-state index in [2.05, 4.69) is 181 Å². The van der Waals surface area contributed by atoms with Gasteiger partial charge in [0.05, 0.1) is 0 Å². The van der Waals surface area contributed by atoms with E-state index in [1.807, 2.05) is 30.3 Å². The van der Waals surface area contributed by atoms with Crippen LogP contribution in [0.3, 0.4) is 0 Å². The standard InChI is InChI=1S/C46H46IO4P/c1-36-44(48-32-37-20-8-2-9-21-37)46(50-34-39-24-12-4-13-25-39)45(49-33-38-22-10-3-11-23-38)43(51-36)35-52(47,40-26-14-5-15-27-40,41-28-16-6-17-29-41)42-30-18-7-19-31-42/h2-31,36,43-46H,32-35H2,1H3/t36-,43-,44+,45+,46+/m0/s1. The number of benzene rings is 6. The predicted molar refractivity (Wildman–Crippen MR) is 223 cm³/mol. The van der Waals surface area contributed by atoms with E-state index in [4.69, 9.17) is 18.9 Å². The molecular weight excluding hydrogens is 774 g/mol. The minimum absolute atomic E-state index is 0.265. The van der Waals surface area contributed by atoms with Crippen LogP contribution in [0.25, 0.3) is 0 Å². The molecule has 0 aliphatic carbocycles. The Morgan fingerprint density at radius 2 is 0.750 bits per heavy atom. The maximum absolute atomic E-state index is 7.25. The Kier molecular flexibility index (Phi) is 12.0. The molecule has 266 valence electrons. The van der Waals surface area contributed by atoms with Gasteiger partial charge in [-0.2, -0.15) is 0 Å². The summed E-state index contributed by atoms with van der Waals surface area (Å²) in [5.41, 5.74) is 3.31. The van der Waals surface area contributed by atoms with Gasteiger partial charge in [-0.1, -0.05) is 0 Å². The van der Waals surface area contributed by atoms with Crippen LogP contribution in [0.15, 0.2) is 182 Å². The molecule has 6 heteroatoms. The summed E-state index contributed by atoms with van der Waals surface area (Å²) in [6.07, 6.45) is -1.09. The molecule has 0 bridgehead atoms. The van der Waals surface area contributed by atoms with Gasteiger partial charge in [0.2, 0.25) is 0 Å². The molecule has 0 aromatic heterocycles. The second-order valence-corrected chi connectivity index (χ2v) is 24.2. The molecule has 0 amide bonds. The summed E-state index contributed by atoms with van der Waals surface area (Å²) in [7, 11) is 0. The molecule has 0 radical (unpaired) electrons. The van der Waals surface area contributed by atoms with Gasteiger partial charge >= 0.3 is 323 Å². The zero-order chi connectivity index (χ0) is 35.7. The quantitative estimate of drug-likeness (QED) is 0.0812. The fourth-order valence-corrected chi connectivity index (χ4v) is 16.4. The zero-order valence-corrected chi connectivity index (χ0v) is 32.5. The van der Waals surface area contributed by atoms with Crippen LogP contribution in [-0.4, -0.2) is 36.7 Å². The SMILES string of the molecule is C[C@@H]1O[C@@H](CP(I)(c2ccccc2)(c2ccccc2)c2ccccc2)[C@@H](OCc2ccccc2)[C@H](OCc2ccccc2)[C@@H]1OCc1ccccc1. The van der Waals surface area contributed by atoms with E-state index in [-0.39, 0.29) is 18.3 Å². The molecule has 0 unspecified atom stereocenters. The zero-order valence-electron chi connectivity index (χ0n) is 29.5. The van der Waals surface area contributed by atoms with E-state index in [0.29, 0.717) is 26.0 Å². The average Bonchev–Trinajstić information content (AvgIpc) is 3.21. The van der Waals surface area contributed by atoms with Crippen molar-refractivity contribution in [3.63, 3.8) is 0 Å².